The molecule has 0 aromatic heterocycles. The van der Waals surface area contributed by atoms with Gasteiger partial charge in [-0.3, -0.25) is 14.4 Å². The van der Waals surface area contributed by atoms with Crippen LogP contribution < -0.4 is 18.9 Å². The first-order valence-electron chi connectivity index (χ1n) is 19.4. The lowest BCUT2D eigenvalue weighted by molar-refractivity contribution is -0.131. The number of benzene rings is 7. The maximum absolute atomic E-state index is 13.7. The standard InChI is InChI=1S/C52H40O9/c1-58-50-38(29-30-46(53)54)31-45(59-32-39-23-11-14-26-42(39)47(55)35-17-5-2-6-18-35)51(60-33-40-24-12-15-27-43(40)48(56)36-19-7-3-8-20-36)52(50)61-34-41-25-13-16-28-44(41)49(57)37-21-9-4-10-22-37/h2-31H,32-34H2,1H3,(H,53,54). The van der Waals surface area contributed by atoms with E-state index in [0.717, 1.165) is 6.08 Å². The molecule has 0 saturated heterocycles. The second kappa shape index (κ2) is 19.6. The third kappa shape index (κ3) is 9.81. The molecule has 0 bridgehead atoms. The zero-order valence-electron chi connectivity index (χ0n) is 33.2. The van der Waals surface area contributed by atoms with Crippen LogP contribution in [0.4, 0.5) is 0 Å². The fourth-order valence-corrected chi connectivity index (χ4v) is 6.78. The Labute approximate surface area is 353 Å². The molecule has 0 saturated carbocycles. The van der Waals surface area contributed by atoms with E-state index in [1.54, 1.807) is 152 Å². The molecule has 9 heteroatoms. The number of methoxy groups -OCH3 is 1. The van der Waals surface area contributed by atoms with Crippen molar-refractivity contribution in [3.8, 4) is 23.0 Å². The van der Waals surface area contributed by atoms with Gasteiger partial charge < -0.3 is 24.1 Å². The smallest absolute Gasteiger partial charge is 0.328 e. The topological polar surface area (TPSA) is 125 Å². The third-order valence-corrected chi connectivity index (χ3v) is 9.82. The number of aliphatic carboxylic acids is 1. The van der Waals surface area contributed by atoms with Crippen molar-refractivity contribution in [1.82, 2.24) is 0 Å². The predicted octanol–water partition coefficient (Wildman–Crippen LogP) is 10.2. The number of rotatable bonds is 18. The van der Waals surface area contributed by atoms with Gasteiger partial charge >= 0.3 is 5.97 Å². The Bertz CT molecular complexity index is 2710. The van der Waals surface area contributed by atoms with Crippen LogP contribution in [0.1, 0.15) is 70.0 Å². The molecule has 7 aromatic carbocycles. The summed E-state index contributed by atoms with van der Waals surface area (Å²) in [4.78, 5) is 53.0. The maximum atomic E-state index is 13.7. The molecule has 7 rings (SSSR count). The highest BCUT2D eigenvalue weighted by atomic mass is 16.6. The molecule has 0 atom stereocenters. The highest BCUT2D eigenvalue weighted by Gasteiger charge is 2.26. The number of carbonyl (C=O) groups excluding carboxylic acids is 3. The molecule has 0 radical (unpaired) electrons. The quantitative estimate of drug-likeness (QED) is 0.0666. The van der Waals surface area contributed by atoms with Crippen molar-refractivity contribution in [1.29, 1.82) is 0 Å². The predicted molar refractivity (Wildman–Crippen MR) is 232 cm³/mol. The molecule has 0 aliphatic carbocycles. The second-order valence-corrected chi connectivity index (χ2v) is 13.7. The first-order valence-corrected chi connectivity index (χ1v) is 19.4. The van der Waals surface area contributed by atoms with Crippen LogP contribution in [0.25, 0.3) is 6.08 Å². The van der Waals surface area contributed by atoms with Crippen molar-refractivity contribution in [2.24, 2.45) is 0 Å². The third-order valence-electron chi connectivity index (χ3n) is 9.82. The van der Waals surface area contributed by atoms with Gasteiger partial charge in [0.1, 0.15) is 19.8 Å². The van der Waals surface area contributed by atoms with Crippen LogP contribution in [-0.2, 0) is 24.6 Å². The Kier molecular flexibility index (Phi) is 13.2. The minimum Gasteiger partial charge on any atom is -0.492 e. The van der Waals surface area contributed by atoms with E-state index in [2.05, 4.69) is 0 Å². The number of hydrogen-bond acceptors (Lipinski definition) is 8. The van der Waals surface area contributed by atoms with Gasteiger partial charge in [0.15, 0.2) is 28.8 Å². The molecule has 7 aromatic rings. The monoisotopic (exact) mass is 808 g/mol. The van der Waals surface area contributed by atoms with Crippen molar-refractivity contribution < 1.29 is 43.2 Å². The van der Waals surface area contributed by atoms with E-state index in [1.807, 2.05) is 18.2 Å². The van der Waals surface area contributed by atoms with Crippen molar-refractivity contribution in [3.63, 3.8) is 0 Å². The second-order valence-electron chi connectivity index (χ2n) is 13.7. The molecule has 0 heterocycles. The Hall–Kier alpha value is -8.04. The van der Waals surface area contributed by atoms with Crippen LogP contribution in [0.15, 0.2) is 176 Å². The fraction of sp³-hybridized carbons (Fsp3) is 0.0769. The first-order chi connectivity index (χ1) is 29.8. The van der Waals surface area contributed by atoms with Crippen LogP contribution in [0.5, 0.6) is 23.0 Å². The molecule has 0 unspecified atom stereocenters. The van der Waals surface area contributed by atoms with E-state index >= 15 is 0 Å². The SMILES string of the molecule is COc1c(C=CC(=O)O)cc(OCc2ccccc2C(=O)c2ccccc2)c(OCc2ccccc2C(=O)c2ccccc2)c1OCc1ccccc1C(=O)c1ccccc1. The van der Waals surface area contributed by atoms with Crippen LogP contribution in [0.2, 0.25) is 0 Å². The van der Waals surface area contributed by atoms with Crippen molar-refractivity contribution >= 4 is 29.4 Å². The van der Waals surface area contributed by atoms with Crippen molar-refractivity contribution in [2.45, 2.75) is 19.8 Å². The van der Waals surface area contributed by atoms with Gasteiger partial charge in [0, 0.05) is 61.7 Å². The Morgan fingerprint density at radius 1 is 0.459 bits per heavy atom. The van der Waals surface area contributed by atoms with Crippen LogP contribution >= 0.6 is 0 Å². The molecule has 0 amide bonds. The minimum atomic E-state index is -1.20. The van der Waals surface area contributed by atoms with Crippen LogP contribution in [0.3, 0.4) is 0 Å². The maximum Gasteiger partial charge on any atom is 0.328 e. The van der Waals surface area contributed by atoms with Gasteiger partial charge in [-0.2, -0.15) is 0 Å². The van der Waals surface area contributed by atoms with Crippen molar-refractivity contribution in [2.75, 3.05) is 7.11 Å². The molecule has 61 heavy (non-hydrogen) atoms. The number of hydrogen-bond donors (Lipinski definition) is 1. The molecule has 9 nitrogen and oxygen atoms in total. The summed E-state index contributed by atoms with van der Waals surface area (Å²) in [6.07, 6.45) is 2.30. The van der Waals surface area contributed by atoms with E-state index in [1.165, 1.54) is 13.2 Å². The summed E-state index contributed by atoms with van der Waals surface area (Å²) >= 11 is 0. The molecule has 0 spiro atoms. The van der Waals surface area contributed by atoms with Crippen LogP contribution in [0, 0.1) is 0 Å². The van der Waals surface area contributed by atoms with Gasteiger partial charge in [0.25, 0.3) is 0 Å². The van der Waals surface area contributed by atoms with Gasteiger partial charge in [0.2, 0.25) is 11.5 Å². The lowest BCUT2D eigenvalue weighted by Crippen LogP contribution is -2.11. The van der Waals surface area contributed by atoms with Gasteiger partial charge in [-0.05, 0) is 12.1 Å². The highest BCUT2D eigenvalue weighted by Crippen LogP contribution is 2.49. The summed E-state index contributed by atoms with van der Waals surface area (Å²) in [6.45, 7) is -0.359. The van der Waals surface area contributed by atoms with Gasteiger partial charge in [-0.25, -0.2) is 4.79 Å². The molecular formula is C52H40O9. The lowest BCUT2D eigenvalue weighted by atomic mass is 9.98. The molecule has 0 fully saturated rings. The Balaban J connectivity index is 1.32. The largest absolute Gasteiger partial charge is 0.492 e. The van der Waals surface area contributed by atoms with E-state index in [4.69, 9.17) is 18.9 Å². The number of ether oxygens (including phenoxy) is 4. The molecule has 0 aliphatic heterocycles. The summed E-state index contributed by atoms with van der Waals surface area (Å²) in [5.74, 6) is -1.41. The zero-order valence-corrected chi connectivity index (χ0v) is 33.2. The molecule has 1 N–H and O–H groups in total. The highest BCUT2D eigenvalue weighted by molar-refractivity contribution is 6.11. The summed E-state index contributed by atoms with van der Waals surface area (Å²) in [5, 5.41) is 9.65. The van der Waals surface area contributed by atoms with Gasteiger partial charge in [-0.15, -0.1) is 0 Å². The Morgan fingerprint density at radius 3 is 1.21 bits per heavy atom. The Morgan fingerprint density at radius 2 is 0.820 bits per heavy atom. The van der Waals surface area contributed by atoms with Gasteiger partial charge in [0.05, 0.1) is 7.11 Å². The number of carbonyl (C=O) groups is 4. The van der Waals surface area contributed by atoms with Crippen LogP contribution in [-0.4, -0.2) is 35.5 Å². The normalized spacial score (nSPS) is 10.8. The minimum absolute atomic E-state index is 0.0486. The summed E-state index contributed by atoms with van der Waals surface area (Å²) < 4.78 is 25.6. The fourth-order valence-electron chi connectivity index (χ4n) is 6.78. The van der Waals surface area contributed by atoms with Crippen molar-refractivity contribution in [3.05, 3.63) is 232 Å². The number of ketones is 3. The number of carboxylic acids is 1. The summed E-state index contributed by atoms with van der Waals surface area (Å²) in [5.41, 5.74) is 4.78. The molecular weight excluding hydrogens is 769 g/mol. The average molecular weight is 809 g/mol. The average Bonchev–Trinajstić information content (AvgIpc) is 3.31. The van der Waals surface area contributed by atoms with E-state index in [9.17, 15) is 24.3 Å². The van der Waals surface area contributed by atoms with Gasteiger partial charge in [-0.1, -0.05) is 164 Å². The number of carboxylic acid groups (broad SMARTS) is 1. The lowest BCUT2D eigenvalue weighted by Gasteiger charge is -2.22. The zero-order chi connectivity index (χ0) is 42.6. The molecule has 0 aliphatic rings. The molecule has 302 valence electrons. The van der Waals surface area contributed by atoms with E-state index in [0.29, 0.717) is 50.1 Å². The summed E-state index contributed by atoms with van der Waals surface area (Å²) in [7, 11) is 1.41. The first kappa shape index (κ1) is 41.1. The van der Waals surface area contributed by atoms with E-state index < -0.39 is 5.97 Å². The van der Waals surface area contributed by atoms with E-state index in [-0.39, 0.29) is 65.7 Å². The summed E-state index contributed by atoms with van der Waals surface area (Å²) in [6, 6.07) is 49.5.